The van der Waals surface area contributed by atoms with Crippen molar-refractivity contribution in [1.82, 2.24) is 4.90 Å². The molecule has 6 nitrogen and oxygen atoms in total. The average molecular weight is 400 g/mol. The second kappa shape index (κ2) is 7.83. The number of benzene rings is 3. The van der Waals surface area contributed by atoms with Crippen LogP contribution in [0.1, 0.15) is 33.2 Å². The lowest BCUT2D eigenvalue weighted by Crippen LogP contribution is -2.45. The number of anilines is 1. The summed E-state index contributed by atoms with van der Waals surface area (Å²) in [6, 6.07) is 20.2. The molecule has 150 valence electrons. The maximum Gasteiger partial charge on any atom is 0.262 e. The van der Waals surface area contributed by atoms with Crippen LogP contribution in [0.2, 0.25) is 0 Å². The fourth-order valence-corrected chi connectivity index (χ4v) is 3.33. The molecule has 30 heavy (non-hydrogen) atoms. The normalized spacial score (nSPS) is 13.7. The Morgan fingerprint density at radius 2 is 1.43 bits per heavy atom. The van der Waals surface area contributed by atoms with E-state index >= 15 is 0 Å². The fourth-order valence-electron chi connectivity index (χ4n) is 3.33. The third-order valence-corrected chi connectivity index (χ3v) is 5.04. The largest absolute Gasteiger partial charge is 0.457 e. The third-order valence-electron chi connectivity index (χ3n) is 5.04. The second-order valence-corrected chi connectivity index (χ2v) is 7.08. The number of aryl methyl sites for hydroxylation is 1. The van der Waals surface area contributed by atoms with Gasteiger partial charge in [-0.3, -0.25) is 19.3 Å². The number of nitrogens with zero attached hydrogens (tertiary/aromatic N) is 1. The number of nitrogens with one attached hydrogen (secondary N) is 1. The van der Waals surface area contributed by atoms with Crippen LogP contribution in [0.5, 0.6) is 11.5 Å². The maximum atomic E-state index is 12.7. The molecule has 3 aromatic carbocycles. The van der Waals surface area contributed by atoms with Crippen molar-refractivity contribution in [2.75, 3.05) is 5.32 Å². The van der Waals surface area contributed by atoms with Crippen LogP contribution < -0.4 is 10.1 Å². The Balaban J connectivity index is 1.43. The Hall–Kier alpha value is -3.93. The van der Waals surface area contributed by atoms with Crippen molar-refractivity contribution >= 4 is 23.4 Å². The van der Waals surface area contributed by atoms with Crippen LogP contribution in [-0.4, -0.2) is 28.7 Å². The molecular formula is C24H20N2O4. The van der Waals surface area contributed by atoms with Gasteiger partial charge in [-0.25, -0.2) is 0 Å². The lowest BCUT2D eigenvalue weighted by molar-refractivity contribution is -0.119. The number of rotatable bonds is 5. The molecular weight excluding hydrogens is 380 g/mol. The first-order chi connectivity index (χ1) is 14.5. The van der Waals surface area contributed by atoms with E-state index in [0.717, 1.165) is 16.2 Å². The monoisotopic (exact) mass is 400 g/mol. The molecule has 0 radical (unpaired) electrons. The van der Waals surface area contributed by atoms with Crippen LogP contribution >= 0.6 is 0 Å². The van der Waals surface area contributed by atoms with E-state index in [-0.39, 0.29) is 0 Å². The molecule has 1 aliphatic heterocycles. The highest BCUT2D eigenvalue weighted by atomic mass is 16.5. The minimum absolute atomic E-state index is 0.319. The van der Waals surface area contributed by atoms with Crippen molar-refractivity contribution in [3.63, 3.8) is 0 Å². The van der Waals surface area contributed by atoms with Crippen molar-refractivity contribution in [2.45, 2.75) is 19.9 Å². The molecule has 0 saturated carbocycles. The van der Waals surface area contributed by atoms with Crippen LogP contribution in [0.3, 0.4) is 0 Å². The predicted octanol–water partition coefficient (Wildman–Crippen LogP) is 4.41. The van der Waals surface area contributed by atoms with Crippen LogP contribution in [0.25, 0.3) is 0 Å². The molecule has 0 saturated heterocycles. The van der Waals surface area contributed by atoms with Gasteiger partial charge >= 0.3 is 0 Å². The summed E-state index contributed by atoms with van der Waals surface area (Å²) in [6.07, 6.45) is 0. The van der Waals surface area contributed by atoms with Crippen LogP contribution in [0, 0.1) is 6.92 Å². The Labute approximate surface area is 174 Å². The van der Waals surface area contributed by atoms with E-state index in [2.05, 4.69) is 5.32 Å². The highest BCUT2D eigenvalue weighted by Crippen LogP contribution is 2.27. The summed E-state index contributed by atoms with van der Waals surface area (Å²) in [6.45, 7) is 3.50. The van der Waals surface area contributed by atoms with Gasteiger partial charge in [0.1, 0.15) is 17.5 Å². The molecule has 3 aromatic rings. The minimum Gasteiger partial charge on any atom is -0.457 e. The molecule has 0 spiro atoms. The summed E-state index contributed by atoms with van der Waals surface area (Å²) in [5.41, 5.74) is 2.20. The summed E-state index contributed by atoms with van der Waals surface area (Å²) in [7, 11) is 0. The number of amides is 3. The van der Waals surface area contributed by atoms with Crippen molar-refractivity contribution in [3.8, 4) is 11.5 Å². The van der Waals surface area contributed by atoms with Crippen LogP contribution in [-0.2, 0) is 4.79 Å². The lowest BCUT2D eigenvalue weighted by atomic mass is 10.1. The van der Waals surface area contributed by atoms with Gasteiger partial charge in [0, 0.05) is 5.69 Å². The summed E-state index contributed by atoms with van der Waals surface area (Å²) >= 11 is 0. The standard InChI is InChI=1S/C24H20N2O4/c1-15-7-3-6-10-21(15)30-18-13-11-17(12-14-18)25-22(27)16(2)26-23(28)19-8-4-5-9-20(19)24(26)29/h3-14,16H,1-2H3,(H,25,27)/t16-/m0/s1. The van der Waals surface area contributed by atoms with E-state index in [9.17, 15) is 14.4 Å². The Morgan fingerprint density at radius 3 is 2.03 bits per heavy atom. The Kier molecular flexibility index (Phi) is 5.06. The molecule has 1 N–H and O–H groups in total. The first-order valence-electron chi connectivity index (χ1n) is 9.57. The molecule has 0 bridgehead atoms. The predicted molar refractivity (Wildman–Crippen MR) is 113 cm³/mol. The van der Waals surface area contributed by atoms with Gasteiger partial charge in [-0.1, -0.05) is 30.3 Å². The fraction of sp³-hybridized carbons (Fsp3) is 0.125. The maximum absolute atomic E-state index is 12.7. The van der Waals surface area contributed by atoms with Gasteiger partial charge in [0.25, 0.3) is 11.8 Å². The van der Waals surface area contributed by atoms with Gasteiger partial charge in [0.15, 0.2) is 0 Å². The molecule has 0 aromatic heterocycles. The third kappa shape index (κ3) is 3.55. The SMILES string of the molecule is Cc1ccccc1Oc1ccc(NC(=O)[C@H](C)N2C(=O)c3ccccc3C2=O)cc1. The smallest absolute Gasteiger partial charge is 0.262 e. The number of hydrogen-bond acceptors (Lipinski definition) is 4. The number of carbonyl (C=O) groups excluding carboxylic acids is 3. The van der Waals surface area contributed by atoms with E-state index in [1.165, 1.54) is 6.92 Å². The van der Waals surface area contributed by atoms with E-state index in [4.69, 9.17) is 4.74 Å². The summed E-state index contributed by atoms with van der Waals surface area (Å²) in [4.78, 5) is 38.8. The minimum atomic E-state index is -0.944. The zero-order valence-electron chi connectivity index (χ0n) is 16.6. The number of hydrogen-bond donors (Lipinski definition) is 1. The van der Waals surface area contributed by atoms with E-state index in [0.29, 0.717) is 22.6 Å². The molecule has 3 amide bonds. The molecule has 1 heterocycles. The molecule has 0 aliphatic carbocycles. The van der Waals surface area contributed by atoms with Crippen LogP contribution in [0.4, 0.5) is 5.69 Å². The van der Waals surface area contributed by atoms with E-state index < -0.39 is 23.8 Å². The highest BCUT2D eigenvalue weighted by molar-refractivity contribution is 6.23. The summed E-state index contributed by atoms with van der Waals surface area (Å²) < 4.78 is 5.85. The molecule has 1 aliphatic rings. The number of carbonyl (C=O) groups is 3. The van der Waals surface area contributed by atoms with Crippen molar-refractivity contribution in [2.24, 2.45) is 0 Å². The Morgan fingerprint density at radius 1 is 0.867 bits per heavy atom. The first-order valence-corrected chi connectivity index (χ1v) is 9.57. The molecule has 0 fully saturated rings. The van der Waals surface area contributed by atoms with Crippen molar-refractivity contribution in [3.05, 3.63) is 89.5 Å². The Bertz CT molecular complexity index is 1100. The van der Waals surface area contributed by atoms with Gasteiger partial charge in [-0.15, -0.1) is 0 Å². The van der Waals surface area contributed by atoms with E-state index in [1.54, 1.807) is 48.5 Å². The molecule has 0 unspecified atom stereocenters. The quantitative estimate of drug-likeness (QED) is 0.644. The van der Waals surface area contributed by atoms with Crippen LogP contribution in [0.15, 0.2) is 72.8 Å². The van der Waals surface area contributed by atoms with Gasteiger partial charge in [0.2, 0.25) is 5.91 Å². The number of para-hydroxylation sites is 1. The molecule has 6 heteroatoms. The van der Waals surface area contributed by atoms with Crippen molar-refractivity contribution < 1.29 is 19.1 Å². The average Bonchev–Trinajstić information content (AvgIpc) is 3.01. The zero-order chi connectivity index (χ0) is 21.3. The van der Waals surface area contributed by atoms with E-state index in [1.807, 2.05) is 31.2 Å². The summed E-state index contributed by atoms with van der Waals surface area (Å²) in [5, 5.41) is 2.75. The molecule has 4 rings (SSSR count). The highest BCUT2D eigenvalue weighted by Gasteiger charge is 2.40. The summed E-state index contributed by atoms with van der Waals surface area (Å²) in [5.74, 6) is 0.0294. The molecule has 1 atom stereocenters. The number of fused-ring (bicyclic) bond motifs is 1. The van der Waals surface area contributed by atoms with Gasteiger partial charge in [-0.05, 0) is 61.9 Å². The number of imide groups is 1. The second-order valence-electron chi connectivity index (χ2n) is 7.08. The van der Waals surface area contributed by atoms with Crippen molar-refractivity contribution in [1.29, 1.82) is 0 Å². The topological polar surface area (TPSA) is 75.7 Å². The van der Waals surface area contributed by atoms with Gasteiger partial charge in [-0.2, -0.15) is 0 Å². The van der Waals surface area contributed by atoms with Gasteiger partial charge < -0.3 is 10.1 Å². The zero-order valence-corrected chi connectivity index (χ0v) is 16.6. The van der Waals surface area contributed by atoms with Gasteiger partial charge in [0.05, 0.1) is 11.1 Å². The first kappa shape index (κ1) is 19.4. The lowest BCUT2D eigenvalue weighted by Gasteiger charge is -2.21. The number of ether oxygens (including phenoxy) is 1.